The Balaban J connectivity index is 4.73. The molecule has 8 heteroatoms. The Morgan fingerprint density at radius 1 is 0.864 bits per heavy atom. The van der Waals surface area contributed by atoms with E-state index in [0.717, 1.165) is 0 Å². The average molecular weight is 314 g/mol. The molecule has 1 unspecified atom stereocenters. The molecule has 0 aromatic heterocycles. The van der Waals surface area contributed by atoms with E-state index < -0.39 is 36.7 Å². The van der Waals surface area contributed by atoms with Gasteiger partial charge in [-0.2, -0.15) is 0 Å². The molecule has 0 aromatic rings. The number of aliphatic carboxylic acids is 4. The van der Waals surface area contributed by atoms with Crippen LogP contribution in [0.25, 0.3) is 0 Å². The number of carboxylic acids is 4. The minimum atomic E-state index is -1.32. The number of hydrogen-bond acceptors (Lipinski definition) is 4. The second-order valence-corrected chi connectivity index (χ2v) is 4.73. The van der Waals surface area contributed by atoms with E-state index in [2.05, 4.69) is 0 Å². The van der Waals surface area contributed by atoms with E-state index in [-0.39, 0.29) is 23.5 Å². The van der Waals surface area contributed by atoms with Crippen LogP contribution in [0, 0.1) is 5.92 Å². The Kier molecular flexibility index (Phi) is 8.21. The summed E-state index contributed by atoms with van der Waals surface area (Å²) in [5, 5.41) is 34.9. The molecule has 0 amide bonds. The number of hydrogen-bond donors (Lipinski definition) is 4. The molecule has 0 bridgehead atoms. The van der Waals surface area contributed by atoms with E-state index in [1.54, 1.807) is 6.92 Å². The third-order valence-electron chi connectivity index (χ3n) is 2.73. The highest BCUT2D eigenvalue weighted by Gasteiger charge is 2.14. The Morgan fingerprint density at radius 2 is 1.32 bits per heavy atom. The maximum atomic E-state index is 10.9. The van der Waals surface area contributed by atoms with Crippen LogP contribution in [0.2, 0.25) is 0 Å². The normalized spacial score (nSPS) is 13.5. The van der Waals surface area contributed by atoms with E-state index in [1.807, 2.05) is 0 Å². The molecular formula is C14H18O8. The van der Waals surface area contributed by atoms with Gasteiger partial charge in [0.25, 0.3) is 0 Å². The first-order chi connectivity index (χ1) is 10.1. The minimum Gasteiger partial charge on any atom is -0.481 e. The van der Waals surface area contributed by atoms with Crippen molar-refractivity contribution in [1.29, 1.82) is 0 Å². The SMILES string of the molecule is CC(C=C(CC(=O)O)C(=O)O)CCC=C(CC(=O)O)C(=O)O. The number of carboxylic acid groups (broad SMARTS) is 4. The third-order valence-corrected chi connectivity index (χ3v) is 2.73. The van der Waals surface area contributed by atoms with Crippen LogP contribution < -0.4 is 0 Å². The summed E-state index contributed by atoms with van der Waals surface area (Å²) < 4.78 is 0. The zero-order valence-corrected chi connectivity index (χ0v) is 12.0. The highest BCUT2D eigenvalue weighted by molar-refractivity contribution is 5.92. The fraction of sp³-hybridized carbons (Fsp3) is 0.429. The molecule has 0 saturated heterocycles. The van der Waals surface area contributed by atoms with Crippen molar-refractivity contribution in [3.63, 3.8) is 0 Å². The van der Waals surface area contributed by atoms with E-state index >= 15 is 0 Å². The highest BCUT2D eigenvalue weighted by atomic mass is 16.4. The zero-order valence-electron chi connectivity index (χ0n) is 12.0. The second-order valence-electron chi connectivity index (χ2n) is 4.73. The van der Waals surface area contributed by atoms with Gasteiger partial charge in [-0.3, -0.25) is 9.59 Å². The first-order valence-electron chi connectivity index (χ1n) is 6.43. The van der Waals surface area contributed by atoms with Gasteiger partial charge in [0.15, 0.2) is 0 Å². The monoisotopic (exact) mass is 314 g/mol. The maximum absolute atomic E-state index is 10.9. The first kappa shape index (κ1) is 19.4. The molecule has 4 N–H and O–H groups in total. The lowest BCUT2D eigenvalue weighted by molar-refractivity contribution is -0.139. The molecule has 0 aliphatic rings. The summed E-state index contributed by atoms with van der Waals surface area (Å²) in [6, 6.07) is 0. The molecular weight excluding hydrogens is 296 g/mol. The smallest absolute Gasteiger partial charge is 0.331 e. The molecule has 8 nitrogen and oxygen atoms in total. The van der Waals surface area contributed by atoms with Gasteiger partial charge in [0, 0.05) is 11.1 Å². The van der Waals surface area contributed by atoms with Crippen molar-refractivity contribution in [2.45, 2.75) is 32.6 Å². The molecule has 0 aromatic carbocycles. The molecule has 122 valence electrons. The predicted molar refractivity (Wildman–Crippen MR) is 74.3 cm³/mol. The van der Waals surface area contributed by atoms with E-state index in [4.69, 9.17) is 20.4 Å². The van der Waals surface area contributed by atoms with Gasteiger partial charge < -0.3 is 20.4 Å². The Morgan fingerprint density at radius 3 is 1.73 bits per heavy atom. The standard InChI is InChI=1S/C14H18O8/c1-8(5-10(14(21)22)7-12(17)18)3-2-4-9(13(19)20)6-11(15)16/h4-5,8H,2-3,6-7H2,1H3,(H,15,16)(H,17,18)(H,19,20)(H,21,22). The summed E-state index contributed by atoms with van der Waals surface area (Å²) in [6.45, 7) is 1.66. The van der Waals surface area contributed by atoms with E-state index in [9.17, 15) is 19.2 Å². The Labute approximate surface area is 126 Å². The van der Waals surface area contributed by atoms with Gasteiger partial charge in [0.2, 0.25) is 0 Å². The Bertz CT molecular complexity index is 515. The zero-order chi connectivity index (χ0) is 17.3. The molecule has 0 aliphatic heterocycles. The fourth-order valence-electron chi connectivity index (χ4n) is 1.71. The molecule has 0 rings (SSSR count). The molecule has 0 fully saturated rings. The van der Waals surface area contributed by atoms with Crippen molar-refractivity contribution in [3.8, 4) is 0 Å². The summed E-state index contributed by atoms with van der Waals surface area (Å²) in [6.07, 6.45) is 1.99. The van der Waals surface area contributed by atoms with Gasteiger partial charge in [0.05, 0.1) is 12.8 Å². The van der Waals surface area contributed by atoms with Crippen LogP contribution in [0.15, 0.2) is 23.3 Å². The lowest BCUT2D eigenvalue weighted by atomic mass is 9.99. The molecule has 0 spiro atoms. The van der Waals surface area contributed by atoms with Crippen LogP contribution in [0.5, 0.6) is 0 Å². The maximum Gasteiger partial charge on any atom is 0.331 e. The van der Waals surface area contributed by atoms with Crippen molar-refractivity contribution in [1.82, 2.24) is 0 Å². The van der Waals surface area contributed by atoms with Crippen LogP contribution in [0.1, 0.15) is 32.6 Å². The van der Waals surface area contributed by atoms with Gasteiger partial charge in [0.1, 0.15) is 0 Å². The van der Waals surface area contributed by atoms with Crippen LogP contribution in [0.3, 0.4) is 0 Å². The highest BCUT2D eigenvalue weighted by Crippen LogP contribution is 2.15. The van der Waals surface area contributed by atoms with Gasteiger partial charge in [-0.15, -0.1) is 0 Å². The molecule has 1 atom stereocenters. The summed E-state index contributed by atoms with van der Waals surface area (Å²) in [4.78, 5) is 42.7. The van der Waals surface area contributed by atoms with Crippen LogP contribution in [0.4, 0.5) is 0 Å². The van der Waals surface area contributed by atoms with Crippen molar-refractivity contribution in [3.05, 3.63) is 23.3 Å². The second kappa shape index (κ2) is 9.32. The van der Waals surface area contributed by atoms with Gasteiger partial charge in [-0.25, -0.2) is 9.59 Å². The van der Waals surface area contributed by atoms with E-state index in [1.165, 1.54) is 12.2 Å². The lowest BCUT2D eigenvalue weighted by Crippen LogP contribution is -2.09. The molecule has 0 aliphatic carbocycles. The van der Waals surface area contributed by atoms with Crippen LogP contribution in [-0.2, 0) is 19.2 Å². The number of carbonyl (C=O) groups is 4. The summed E-state index contributed by atoms with van der Waals surface area (Å²) in [5.41, 5.74) is -0.486. The predicted octanol–water partition coefficient (Wildman–Crippen LogP) is 1.37. The van der Waals surface area contributed by atoms with Gasteiger partial charge in [-0.05, 0) is 18.8 Å². The summed E-state index contributed by atoms with van der Waals surface area (Å²) >= 11 is 0. The quantitative estimate of drug-likeness (QED) is 0.442. The molecule has 0 heterocycles. The topological polar surface area (TPSA) is 149 Å². The third kappa shape index (κ3) is 8.51. The first-order valence-corrected chi connectivity index (χ1v) is 6.43. The minimum absolute atomic E-state index is 0.243. The van der Waals surface area contributed by atoms with Crippen LogP contribution >= 0.6 is 0 Å². The molecule has 0 saturated carbocycles. The van der Waals surface area contributed by atoms with Crippen molar-refractivity contribution in [2.24, 2.45) is 5.92 Å². The largest absolute Gasteiger partial charge is 0.481 e. The van der Waals surface area contributed by atoms with Crippen molar-refractivity contribution >= 4 is 23.9 Å². The average Bonchev–Trinajstić information content (AvgIpc) is 2.35. The summed E-state index contributed by atoms with van der Waals surface area (Å²) in [5.74, 6) is -5.43. The number of rotatable bonds is 10. The van der Waals surface area contributed by atoms with Gasteiger partial charge in [-0.1, -0.05) is 19.1 Å². The molecule has 22 heavy (non-hydrogen) atoms. The van der Waals surface area contributed by atoms with E-state index in [0.29, 0.717) is 6.42 Å². The number of allylic oxidation sites excluding steroid dienone is 2. The van der Waals surface area contributed by atoms with Crippen molar-refractivity contribution < 1.29 is 39.6 Å². The Hall–Kier alpha value is -2.64. The van der Waals surface area contributed by atoms with Crippen LogP contribution in [-0.4, -0.2) is 44.3 Å². The fourth-order valence-corrected chi connectivity index (χ4v) is 1.71. The van der Waals surface area contributed by atoms with Gasteiger partial charge >= 0.3 is 23.9 Å². The molecule has 0 radical (unpaired) electrons. The van der Waals surface area contributed by atoms with Crippen molar-refractivity contribution in [2.75, 3.05) is 0 Å². The summed E-state index contributed by atoms with van der Waals surface area (Å²) in [7, 11) is 0. The lowest BCUT2D eigenvalue weighted by Gasteiger charge is -2.07.